The predicted molar refractivity (Wildman–Crippen MR) is 41.8 cm³/mol. The van der Waals surface area contributed by atoms with Crippen molar-refractivity contribution in [3.63, 3.8) is 0 Å². The summed E-state index contributed by atoms with van der Waals surface area (Å²) in [6.45, 7) is 0. The van der Waals surface area contributed by atoms with Crippen LogP contribution in [0.3, 0.4) is 0 Å². The molecule has 0 aliphatic heterocycles. The summed E-state index contributed by atoms with van der Waals surface area (Å²) >= 11 is 5.82. The van der Waals surface area contributed by atoms with Crippen LogP contribution in [-0.4, -0.2) is 9.16 Å². The lowest BCUT2D eigenvalue weighted by atomic mass is 9.44. The number of halogens is 4. The number of hydrogen-bond acceptors (Lipinski definition) is 0. The second kappa shape index (κ2) is 1.60. The lowest BCUT2D eigenvalue weighted by molar-refractivity contribution is -0.191. The average Bonchev–Trinajstić information content (AvgIpc) is 1.51. The van der Waals surface area contributed by atoms with Gasteiger partial charge in [0.25, 0.3) is 0 Å². The monoisotopic (exact) mass is 274 g/mol. The highest BCUT2D eigenvalue weighted by atomic mass is 79.9. The van der Waals surface area contributed by atoms with E-state index in [1.165, 1.54) is 0 Å². The van der Waals surface area contributed by atoms with Gasteiger partial charge in [-0.15, -0.1) is 0 Å². The fraction of sp³-hybridized carbons (Fsp3) is 1.00. The first-order valence-corrected chi connectivity index (χ1v) is 4.71. The molecule has 0 heterocycles. The van der Waals surface area contributed by atoms with Gasteiger partial charge in [0.1, 0.15) is 0 Å². The van der Waals surface area contributed by atoms with Crippen LogP contribution in [0, 0.1) is 5.41 Å². The first-order valence-electron chi connectivity index (χ1n) is 3.13. The molecule has 0 aromatic rings. The quantitative estimate of drug-likeness (QED) is 0.644. The molecule has 0 radical (unpaired) electrons. The lowest BCUT2D eigenvalue weighted by Gasteiger charge is -2.68. The van der Waals surface area contributed by atoms with Gasteiger partial charge in [0, 0.05) is 9.74 Å². The smallest absolute Gasteiger partial charge is 0.193 e. The summed E-state index contributed by atoms with van der Waals surface area (Å²) in [5.74, 6) is 0. The summed E-state index contributed by atoms with van der Waals surface area (Å²) in [5.41, 5.74) is -0.698. The van der Waals surface area contributed by atoms with E-state index in [0.717, 1.165) is 0 Å². The van der Waals surface area contributed by atoms with Crippen LogP contribution in [0.1, 0.15) is 19.3 Å². The minimum atomic E-state index is -2.64. The maximum absolute atomic E-state index is 12.7. The van der Waals surface area contributed by atoms with Crippen molar-refractivity contribution in [2.45, 2.75) is 28.4 Å². The van der Waals surface area contributed by atoms with E-state index in [0.29, 0.717) is 19.3 Å². The number of hydrogen-bond donors (Lipinski definition) is 0. The largest absolute Gasteiger partial charge is 0.307 e. The molecule has 0 saturated heterocycles. The Bertz CT molecular complexity index is 165. The molecular formula is C6H6Br2F2. The van der Waals surface area contributed by atoms with Gasteiger partial charge in [-0.3, -0.25) is 0 Å². The Morgan fingerprint density at radius 1 is 1.20 bits per heavy atom. The van der Waals surface area contributed by atoms with Crippen molar-refractivity contribution in [3.05, 3.63) is 0 Å². The van der Waals surface area contributed by atoms with Gasteiger partial charge in [0.05, 0.1) is 0 Å². The molecule has 0 unspecified atom stereocenters. The third-order valence-electron chi connectivity index (χ3n) is 2.57. The summed E-state index contributed by atoms with van der Waals surface area (Å²) < 4.78 is 25.4. The molecule has 2 bridgehead atoms. The zero-order valence-electron chi connectivity index (χ0n) is 5.13. The topological polar surface area (TPSA) is 0 Å². The maximum atomic E-state index is 12.7. The van der Waals surface area contributed by atoms with Crippen molar-refractivity contribution in [1.29, 1.82) is 0 Å². The van der Waals surface area contributed by atoms with Gasteiger partial charge in [-0.2, -0.15) is 8.78 Å². The first kappa shape index (κ1) is 7.47. The molecule has 3 saturated carbocycles. The first-order chi connectivity index (χ1) is 4.37. The summed E-state index contributed by atoms with van der Waals surface area (Å²) in [7, 11) is 0. The zero-order valence-corrected chi connectivity index (χ0v) is 8.31. The van der Waals surface area contributed by atoms with E-state index in [-0.39, 0.29) is 4.32 Å². The van der Waals surface area contributed by atoms with Crippen LogP contribution < -0.4 is 0 Å². The molecule has 3 rings (SSSR count). The molecule has 58 valence electrons. The molecule has 0 spiro atoms. The van der Waals surface area contributed by atoms with E-state index in [9.17, 15) is 8.78 Å². The van der Waals surface area contributed by atoms with E-state index in [1.54, 1.807) is 0 Å². The maximum Gasteiger partial charge on any atom is 0.307 e. The molecular weight excluding hydrogens is 270 g/mol. The van der Waals surface area contributed by atoms with Crippen LogP contribution in [0.25, 0.3) is 0 Å². The van der Waals surface area contributed by atoms with Gasteiger partial charge in [-0.05, 0) is 35.2 Å². The van der Waals surface area contributed by atoms with Crippen molar-refractivity contribution in [2.24, 2.45) is 5.41 Å². The van der Waals surface area contributed by atoms with Gasteiger partial charge in [0.15, 0.2) is 0 Å². The third-order valence-corrected chi connectivity index (χ3v) is 4.25. The van der Waals surface area contributed by atoms with Crippen molar-refractivity contribution in [3.8, 4) is 0 Å². The van der Waals surface area contributed by atoms with E-state index in [4.69, 9.17) is 0 Å². The molecule has 0 aromatic carbocycles. The summed E-state index contributed by atoms with van der Waals surface area (Å²) in [6.07, 6.45) is 1.87. The van der Waals surface area contributed by atoms with Crippen LogP contribution in [0.4, 0.5) is 8.78 Å². The van der Waals surface area contributed by atoms with Gasteiger partial charge in [-0.25, -0.2) is 0 Å². The van der Waals surface area contributed by atoms with Crippen LogP contribution in [0.15, 0.2) is 0 Å². The van der Waals surface area contributed by atoms with Gasteiger partial charge >= 0.3 is 4.83 Å². The van der Waals surface area contributed by atoms with Crippen LogP contribution in [0.5, 0.6) is 0 Å². The fourth-order valence-corrected chi connectivity index (χ4v) is 4.00. The van der Waals surface area contributed by atoms with Gasteiger partial charge in [-0.1, -0.05) is 15.9 Å². The van der Waals surface area contributed by atoms with E-state index in [2.05, 4.69) is 31.9 Å². The third kappa shape index (κ3) is 0.697. The van der Waals surface area contributed by atoms with Crippen molar-refractivity contribution in [2.75, 3.05) is 0 Å². The van der Waals surface area contributed by atoms with E-state index < -0.39 is 10.2 Å². The molecule has 0 amide bonds. The second-order valence-corrected chi connectivity index (χ2v) is 6.14. The minimum Gasteiger partial charge on any atom is -0.193 e. The number of alkyl halides is 4. The summed E-state index contributed by atoms with van der Waals surface area (Å²) in [5, 5.41) is 0. The Labute approximate surface area is 74.6 Å². The van der Waals surface area contributed by atoms with Gasteiger partial charge < -0.3 is 0 Å². The molecule has 4 heteroatoms. The van der Waals surface area contributed by atoms with E-state index in [1.807, 2.05) is 0 Å². The molecule has 3 aliphatic carbocycles. The molecule has 0 nitrogen and oxygen atoms in total. The van der Waals surface area contributed by atoms with Crippen molar-refractivity contribution < 1.29 is 8.78 Å². The SMILES string of the molecule is FC(F)(Br)C12CC(Br)(C1)C2. The predicted octanol–water partition coefficient (Wildman–Crippen LogP) is 3.29. The van der Waals surface area contributed by atoms with Gasteiger partial charge in [0.2, 0.25) is 0 Å². The van der Waals surface area contributed by atoms with E-state index >= 15 is 0 Å². The zero-order chi connectivity index (χ0) is 7.62. The second-order valence-electron chi connectivity index (χ2n) is 3.46. The molecule has 3 aliphatic rings. The van der Waals surface area contributed by atoms with Crippen LogP contribution in [0.2, 0.25) is 0 Å². The Hall–Kier alpha value is 0.820. The van der Waals surface area contributed by atoms with Crippen molar-refractivity contribution >= 4 is 31.9 Å². The standard InChI is InChI=1S/C6H6Br2F2/c7-5-1-4(2-5,3-5)6(8,9)10/h1-3H2. The summed E-state index contributed by atoms with van der Waals surface area (Å²) in [4.78, 5) is -2.64. The highest BCUT2D eigenvalue weighted by Crippen LogP contribution is 2.77. The average molecular weight is 276 g/mol. The minimum absolute atomic E-state index is 0.0875. The molecule has 0 aromatic heterocycles. The lowest BCUT2D eigenvalue weighted by Crippen LogP contribution is -2.69. The number of rotatable bonds is 1. The molecule has 10 heavy (non-hydrogen) atoms. The summed E-state index contributed by atoms with van der Waals surface area (Å²) in [6, 6.07) is 0. The Morgan fingerprint density at radius 2 is 1.60 bits per heavy atom. The Morgan fingerprint density at radius 3 is 1.70 bits per heavy atom. The Kier molecular flexibility index (Phi) is 1.20. The van der Waals surface area contributed by atoms with Crippen LogP contribution >= 0.6 is 31.9 Å². The normalized spacial score (nSPS) is 51.6. The highest BCUT2D eigenvalue weighted by Gasteiger charge is 2.75. The highest BCUT2D eigenvalue weighted by molar-refractivity contribution is 9.10. The van der Waals surface area contributed by atoms with Crippen LogP contribution in [-0.2, 0) is 0 Å². The molecule has 0 atom stereocenters. The Balaban J connectivity index is 2.11. The van der Waals surface area contributed by atoms with Crippen molar-refractivity contribution in [1.82, 2.24) is 0 Å². The molecule has 0 N–H and O–H groups in total. The molecule has 3 fully saturated rings. The fourth-order valence-electron chi connectivity index (χ4n) is 1.96.